The SMILES string of the molecule is COc1ccc(C(=O)NCC(=O)OCC(=O)N2CCC[C@@H](C)C2)cc1. The van der Waals surface area contributed by atoms with Crippen LogP contribution in [-0.4, -0.2) is 56.0 Å². The van der Waals surface area contributed by atoms with Crippen LogP contribution in [0, 0.1) is 5.92 Å². The molecule has 1 fully saturated rings. The molecule has 2 amide bonds. The Morgan fingerprint density at radius 3 is 2.60 bits per heavy atom. The number of piperidine rings is 1. The van der Waals surface area contributed by atoms with Gasteiger partial charge in [0.15, 0.2) is 6.61 Å². The zero-order chi connectivity index (χ0) is 18.2. The summed E-state index contributed by atoms with van der Waals surface area (Å²) in [4.78, 5) is 37.4. The van der Waals surface area contributed by atoms with E-state index in [9.17, 15) is 14.4 Å². The molecule has 1 atom stereocenters. The molecule has 7 nitrogen and oxygen atoms in total. The van der Waals surface area contributed by atoms with Crippen molar-refractivity contribution < 1.29 is 23.9 Å². The number of hydrogen-bond acceptors (Lipinski definition) is 5. The van der Waals surface area contributed by atoms with E-state index >= 15 is 0 Å². The number of ether oxygens (including phenoxy) is 2. The summed E-state index contributed by atoms with van der Waals surface area (Å²) in [6.45, 7) is 2.93. The molecule has 1 aliphatic rings. The molecule has 0 radical (unpaired) electrons. The van der Waals surface area contributed by atoms with Gasteiger partial charge in [0.05, 0.1) is 7.11 Å². The van der Waals surface area contributed by atoms with Crippen LogP contribution in [0.15, 0.2) is 24.3 Å². The van der Waals surface area contributed by atoms with Gasteiger partial charge in [0.1, 0.15) is 12.3 Å². The summed E-state index contributed by atoms with van der Waals surface area (Å²) >= 11 is 0. The highest BCUT2D eigenvalue weighted by Crippen LogP contribution is 2.15. The lowest BCUT2D eigenvalue weighted by Gasteiger charge is -2.30. The molecular formula is C18H24N2O5. The first-order valence-electron chi connectivity index (χ1n) is 8.35. The van der Waals surface area contributed by atoms with Gasteiger partial charge in [-0.1, -0.05) is 6.92 Å². The molecule has 25 heavy (non-hydrogen) atoms. The number of hydrogen-bond donors (Lipinski definition) is 1. The lowest BCUT2D eigenvalue weighted by Crippen LogP contribution is -2.42. The largest absolute Gasteiger partial charge is 0.497 e. The van der Waals surface area contributed by atoms with Gasteiger partial charge < -0.3 is 19.7 Å². The van der Waals surface area contributed by atoms with Crippen molar-refractivity contribution in [2.75, 3.05) is 33.4 Å². The maximum atomic E-state index is 12.0. The van der Waals surface area contributed by atoms with E-state index in [1.54, 1.807) is 29.2 Å². The second-order valence-corrected chi connectivity index (χ2v) is 6.16. The second kappa shape index (κ2) is 9.05. The summed E-state index contributed by atoms with van der Waals surface area (Å²) in [7, 11) is 1.54. The zero-order valence-corrected chi connectivity index (χ0v) is 14.6. The van der Waals surface area contributed by atoms with Crippen LogP contribution in [0.25, 0.3) is 0 Å². The minimum Gasteiger partial charge on any atom is -0.497 e. The molecule has 1 aromatic carbocycles. The van der Waals surface area contributed by atoms with Crippen molar-refractivity contribution in [1.82, 2.24) is 10.2 Å². The predicted molar refractivity (Wildman–Crippen MR) is 91.3 cm³/mol. The van der Waals surface area contributed by atoms with Crippen LogP contribution in [0.1, 0.15) is 30.1 Å². The first-order chi connectivity index (χ1) is 12.0. The average molecular weight is 348 g/mol. The van der Waals surface area contributed by atoms with Crippen LogP contribution < -0.4 is 10.1 Å². The maximum absolute atomic E-state index is 12.0. The monoisotopic (exact) mass is 348 g/mol. The molecule has 1 heterocycles. The lowest BCUT2D eigenvalue weighted by molar-refractivity contribution is -0.151. The summed E-state index contributed by atoms with van der Waals surface area (Å²) < 4.78 is 9.97. The Balaban J connectivity index is 1.70. The highest BCUT2D eigenvalue weighted by molar-refractivity contribution is 5.96. The number of amides is 2. The number of benzene rings is 1. The van der Waals surface area contributed by atoms with Gasteiger partial charge >= 0.3 is 5.97 Å². The van der Waals surface area contributed by atoms with Gasteiger partial charge in [-0.3, -0.25) is 14.4 Å². The van der Waals surface area contributed by atoms with Crippen molar-refractivity contribution in [2.45, 2.75) is 19.8 Å². The minimum absolute atomic E-state index is 0.193. The van der Waals surface area contributed by atoms with Crippen LogP contribution in [0.3, 0.4) is 0 Å². The van der Waals surface area contributed by atoms with Gasteiger partial charge in [-0.2, -0.15) is 0 Å². The van der Waals surface area contributed by atoms with Crippen molar-refractivity contribution in [3.8, 4) is 5.75 Å². The highest BCUT2D eigenvalue weighted by Gasteiger charge is 2.21. The third-order valence-corrected chi connectivity index (χ3v) is 4.11. The summed E-state index contributed by atoms with van der Waals surface area (Å²) in [5.74, 6) is -0.115. The van der Waals surface area contributed by atoms with E-state index in [2.05, 4.69) is 12.2 Å². The fraction of sp³-hybridized carbons (Fsp3) is 0.500. The van der Waals surface area contributed by atoms with Crippen molar-refractivity contribution in [2.24, 2.45) is 5.92 Å². The Kier molecular flexibility index (Phi) is 6.80. The van der Waals surface area contributed by atoms with Crippen molar-refractivity contribution in [3.05, 3.63) is 29.8 Å². The predicted octanol–water partition coefficient (Wildman–Crippen LogP) is 1.23. The molecule has 1 N–H and O–H groups in total. The number of rotatable bonds is 6. The zero-order valence-electron chi connectivity index (χ0n) is 14.6. The third-order valence-electron chi connectivity index (χ3n) is 4.11. The summed E-state index contributed by atoms with van der Waals surface area (Å²) in [6, 6.07) is 6.51. The van der Waals surface area contributed by atoms with E-state index in [1.807, 2.05) is 0 Å². The van der Waals surface area contributed by atoms with Crippen LogP contribution in [0.2, 0.25) is 0 Å². The fourth-order valence-corrected chi connectivity index (χ4v) is 2.70. The summed E-state index contributed by atoms with van der Waals surface area (Å²) in [5.41, 5.74) is 0.409. The molecule has 2 rings (SSSR count). The number of methoxy groups -OCH3 is 1. The maximum Gasteiger partial charge on any atom is 0.325 e. The Hall–Kier alpha value is -2.57. The topological polar surface area (TPSA) is 84.9 Å². The van der Waals surface area contributed by atoms with Crippen molar-refractivity contribution >= 4 is 17.8 Å². The molecule has 1 aliphatic heterocycles. The van der Waals surface area contributed by atoms with E-state index in [0.717, 1.165) is 12.8 Å². The average Bonchev–Trinajstić information content (AvgIpc) is 2.64. The number of carbonyl (C=O) groups excluding carboxylic acids is 3. The number of carbonyl (C=O) groups is 3. The molecule has 0 unspecified atom stereocenters. The summed E-state index contributed by atoms with van der Waals surface area (Å²) in [6.07, 6.45) is 2.08. The smallest absolute Gasteiger partial charge is 0.325 e. The highest BCUT2D eigenvalue weighted by atomic mass is 16.5. The molecule has 136 valence electrons. The van der Waals surface area contributed by atoms with Gasteiger partial charge in [0, 0.05) is 18.7 Å². The van der Waals surface area contributed by atoms with E-state index < -0.39 is 11.9 Å². The molecule has 0 bridgehead atoms. The summed E-state index contributed by atoms with van der Waals surface area (Å²) in [5, 5.41) is 2.47. The number of esters is 1. The van der Waals surface area contributed by atoms with Gasteiger partial charge in [-0.05, 0) is 43.0 Å². The van der Waals surface area contributed by atoms with E-state index in [-0.39, 0.29) is 19.1 Å². The van der Waals surface area contributed by atoms with E-state index in [0.29, 0.717) is 30.3 Å². The molecule has 0 aliphatic carbocycles. The van der Waals surface area contributed by atoms with E-state index in [4.69, 9.17) is 9.47 Å². The Bertz CT molecular complexity index is 614. The Morgan fingerprint density at radius 1 is 1.24 bits per heavy atom. The van der Waals surface area contributed by atoms with Gasteiger partial charge in [0.25, 0.3) is 11.8 Å². The molecule has 1 aromatic rings. The molecular weight excluding hydrogens is 324 g/mol. The number of likely N-dealkylation sites (tertiary alicyclic amines) is 1. The first kappa shape index (κ1) is 18.8. The molecule has 0 spiro atoms. The van der Waals surface area contributed by atoms with E-state index in [1.165, 1.54) is 7.11 Å². The molecule has 1 saturated heterocycles. The van der Waals surface area contributed by atoms with Crippen LogP contribution in [0.5, 0.6) is 5.75 Å². The second-order valence-electron chi connectivity index (χ2n) is 6.16. The normalized spacial score (nSPS) is 16.9. The first-order valence-corrected chi connectivity index (χ1v) is 8.35. The lowest BCUT2D eigenvalue weighted by atomic mass is 10.0. The third kappa shape index (κ3) is 5.77. The number of nitrogens with one attached hydrogen (secondary N) is 1. The standard InChI is InChI=1S/C18H24N2O5/c1-13-4-3-9-20(11-13)16(21)12-25-17(22)10-19-18(23)14-5-7-15(24-2)8-6-14/h5-8,13H,3-4,9-12H2,1-2H3,(H,19,23)/t13-/m1/s1. The van der Waals surface area contributed by atoms with Gasteiger partial charge in [-0.25, -0.2) is 0 Å². The fourth-order valence-electron chi connectivity index (χ4n) is 2.70. The quantitative estimate of drug-likeness (QED) is 0.782. The molecule has 7 heteroatoms. The van der Waals surface area contributed by atoms with Gasteiger partial charge in [0.2, 0.25) is 0 Å². The van der Waals surface area contributed by atoms with Crippen molar-refractivity contribution in [3.63, 3.8) is 0 Å². The molecule has 0 saturated carbocycles. The van der Waals surface area contributed by atoms with Crippen LogP contribution >= 0.6 is 0 Å². The Labute approximate surface area is 147 Å². The van der Waals surface area contributed by atoms with Crippen LogP contribution in [-0.2, 0) is 14.3 Å². The van der Waals surface area contributed by atoms with Crippen LogP contribution in [0.4, 0.5) is 0 Å². The Morgan fingerprint density at radius 2 is 1.96 bits per heavy atom. The number of nitrogens with zero attached hydrogens (tertiary/aromatic N) is 1. The molecule has 0 aromatic heterocycles. The minimum atomic E-state index is -0.639. The van der Waals surface area contributed by atoms with Crippen molar-refractivity contribution in [1.29, 1.82) is 0 Å². The van der Waals surface area contributed by atoms with Gasteiger partial charge in [-0.15, -0.1) is 0 Å².